The first-order valence-corrected chi connectivity index (χ1v) is 14.1. The van der Waals surface area contributed by atoms with Gasteiger partial charge in [-0.2, -0.15) is 0 Å². The molecule has 0 N–H and O–H groups in total. The van der Waals surface area contributed by atoms with E-state index >= 15 is 0 Å². The van der Waals surface area contributed by atoms with Gasteiger partial charge >= 0.3 is 17.9 Å². The van der Waals surface area contributed by atoms with Crippen LogP contribution in [0.2, 0.25) is 0 Å². The number of carbonyl (C=O) groups excluding carboxylic acids is 3. The summed E-state index contributed by atoms with van der Waals surface area (Å²) in [6, 6.07) is 0. The smallest absolute Gasteiger partial charge is 0.305 e. The van der Waals surface area contributed by atoms with E-state index < -0.39 is 0 Å². The first-order valence-electron chi connectivity index (χ1n) is 14.1. The Labute approximate surface area is 215 Å². The molecular formula is C30H44O6. The Morgan fingerprint density at radius 3 is 2.39 bits per heavy atom. The molecule has 0 radical (unpaired) electrons. The van der Waals surface area contributed by atoms with Crippen molar-refractivity contribution in [2.45, 2.75) is 111 Å². The lowest BCUT2D eigenvalue weighted by Crippen LogP contribution is -2.54. The fourth-order valence-corrected chi connectivity index (χ4v) is 9.81. The molecule has 0 aromatic heterocycles. The Morgan fingerprint density at radius 1 is 1.00 bits per heavy atom. The molecule has 0 bridgehead atoms. The third kappa shape index (κ3) is 3.67. The maximum absolute atomic E-state index is 12.4. The van der Waals surface area contributed by atoms with E-state index in [-0.39, 0.29) is 46.4 Å². The van der Waals surface area contributed by atoms with E-state index in [2.05, 4.69) is 20.8 Å². The standard InChI is InChI=1S/C30H44O6/c1-17(7-10-27(33)34-6)24-14-21-16-30(21)23-9-8-20-13-22(35-18(2)31)11-12-28(20,4)25(23)15-26(29(24,30)5)36-19(3)32/h17,20-22,24,26H,7-16H2,1-6H3/t17-,20-,21-,22-,24-,26+,28+,29+,30+/m1/s1. The first kappa shape index (κ1) is 25.8. The Morgan fingerprint density at radius 2 is 1.72 bits per heavy atom. The van der Waals surface area contributed by atoms with Gasteiger partial charge in [0.15, 0.2) is 0 Å². The van der Waals surface area contributed by atoms with Gasteiger partial charge in [-0.25, -0.2) is 0 Å². The number of carbonyl (C=O) groups is 3. The van der Waals surface area contributed by atoms with Crippen LogP contribution in [0.15, 0.2) is 11.1 Å². The second kappa shape index (κ2) is 8.87. The molecule has 0 aromatic carbocycles. The quantitative estimate of drug-likeness (QED) is 0.262. The highest BCUT2D eigenvalue weighted by Crippen LogP contribution is 2.83. The topological polar surface area (TPSA) is 78.9 Å². The average Bonchev–Trinajstić information content (AvgIpc) is 3.47. The van der Waals surface area contributed by atoms with Gasteiger partial charge in [0.2, 0.25) is 0 Å². The van der Waals surface area contributed by atoms with Crippen LogP contribution >= 0.6 is 0 Å². The number of esters is 3. The summed E-state index contributed by atoms with van der Waals surface area (Å²) in [6.45, 7) is 10.2. The van der Waals surface area contributed by atoms with Gasteiger partial charge in [0.25, 0.3) is 0 Å². The monoisotopic (exact) mass is 500 g/mol. The zero-order chi connectivity index (χ0) is 26.0. The van der Waals surface area contributed by atoms with E-state index in [0.717, 1.165) is 51.4 Å². The number of hydrogen-bond donors (Lipinski definition) is 0. The highest BCUT2D eigenvalue weighted by atomic mass is 16.5. The molecule has 0 amide bonds. The van der Waals surface area contributed by atoms with Gasteiger partial charge in [-0.15, -0.1) is 0 Å². The highest BCUT2D eigenvalue weighted by Gasteiger charge is 2.78. The van der Waals surface area contributed by atoms with Crippen LogP contribution in [0.25, 0.3) is 0 Å². The van der Waals surface area contributed by atoms with E-state index in [1.165, 1.54) is 20.5 Å². The summed E-state index contributed by atoms with van der Waals surface area (Å²) in [5, 5.41) is 0. The fraction of sp³-hybridized carbons (Fsp3) is 0.833. The minimum absolute atomic E-state index is 0.0270. The molecule has 5 aliphatic carbocycles. The molecule has 0 heterocycles. The lowest BCUT2D eigenvalue weighted by atomic mass is 9.47. The molecule has 36 heavy (non-hydrogen) atoms. The molecule has 0 saturated heterocycles. The molecule has 1 spiro atoms. The van der Waals surface area contributed by atoms with Gasteiger partial charge in [0.1, 0.15) is 12.2 Å². The Hall–Kier alpha value is -1.85. The second-order valence-electron chi connectivity index (χ2n) is 13.0. The summed E-state index contributed by atoms with van der Waals surface area (Å²) in [6.07, 6.45) is 9.47. The number of methoxy groups -OCH3 is 1. The van der Waals surface area contributed by atoms with Gasteiger partial charge in [-0.3, -0.25) is 14.4 Å². The summed E-state index contributed by atoms with van der Waals surface area (Å²) < 4.78 is 16.8. The Kier molecular flexibility index (Phi) is 6.35. The van der Waals surface area contributed by atoms with Crippen LogP contribution in [0.1, 0.15) is 98.8 Å². The van der Waals surface area contributed by atoms with Crippen LogP contribution in [-0.2, 0) is 28.6 Å². The molecule has 6 nitrogen and oxygen atoms in total. The number of fused-ring (bicyclic) bond motifs is 2. The minimum atomic E-state index is -0.193. The van der Waals surface area contributed by atoms with E-state index in [1.807, 2.05) is 0 Å². The summed E-state index contributed by atoms with van der Waals surface area (Å²) in [7, 11) is 1.45. The normalized spacial score (nSPS) is 43.3. The van der Waals surface area contributed by atoms with Crippen LogP contribution < -0.4 is 0 Å². The molecule has 3 saturated carbocycles. The van der Waals surface area contributed by atoms with Crippen molar-refractivity contribution < 1.29 is 28.6 Å². The predicted molar refractivity (Wildman–Crippen MR) is 135 cm³/mol. The van der Waals surface area contributed by atoms with E-state index in [9.17, 15) is 14.4 Å². The average molecular weight is 501 g/mol. The molecule has 9 atom stereocenters. The maximum Gasteiger partial charge on any atom is 0.305 e. The zero-order valence-electron chi connectivity index (χ0n) is 23.0. The van der Waals surface area contributed by atoms with Gasteiger partial charge in [0, 0.05) is 37.5 Å². The lowest BCUT2D eigenvalue weighted by molar-refractivity contribution is -0.163. The third-order valence-corrected chi connectivity index (χ3v) is 11.6. The second-order valence-corrected chi connectivity index (χ2v) is 13.0. The van der Waals surface area contributed by atoms with Gasteiger partial charge in [0.05, 0.1) is 7.11 Å². The largest absolute Gasteiger partial charge is 0.469 e. The maximum atomic E-state index is 12.4. The van der Waals surface area contributed by atoms with E-state index in [4.69, 9.17) is 14.2 Å². The fourth-order valence-electron chi connectivity index (χ4n) is 9.81. The minimum Gasteiger partial charge on any atom is -0.469 e. The van der Waals surface area contributed by atoms with Crippen LogP contribution in [0.5, 0.6) is 0 Å². The lowest BCUT2D eigenvalue weighted by Gasteiger charge is -2.58. The summed E-state index contributed by atoms with van der Waals surface area (Å²) in [5.41, 5.74) is 3.36. The van der Waals surface area contributed by atoms with Crippen molar-refractivity contribution >= 4 is 17.9 Å². The molecule has 5 rings (SSSR count). The summed E-state index contributed by atoms with van der Waals surface area (Å²) in [5.74, 6) is 1.41. The van der Waals surface area contributed by atoms with Crippen LogP contribution in [-0.4, -0.2) is 37.2 Å². The van der Waals surface area contributed by atoms with Crippen LogP contribution in [0, 0.1) is 39.9 Å². The Balaban J connectivity index is 1.49. The van der Waals surface area contributed by atoms with Gasteiger partial charge in [-0.05, 0) is 80.5 Å². The molecule has 6 heteroatoms. The van der Waals surface area contributed by atoms with Crippen LogP contribution in [0.3, 0.4) is 0 Å². The molecular weight excluding hydrogens is 456 g/mol. The summed E-state index contributed by atoms with van der Waals surface area (Å²) >= 11 is 0. The SMILES string of the molecule is COC(=O)CC[C@@H](C)[C@H]1C[C@@H]2C[C@@]23C2=C(C[C@H](OC(C)=O)[C@]13C)[C@@]1(C)CC[C@@H](OC(C)=O)C[C@H]1CC2. The number of allylic oxidation sites excluding steroid dienone is 1. The van der Waals surface area contributed by atoms with Crippen molar-refractivity contribution in [3.05, 3.63) is 11.1 Å². The molecule has 3 fully saturated rings. The molecule has 5 aliphatic rings. The predicted octanol–water partition coefficient (Wildman–Crippen LogP) is 5.77. The number of rotatable bonds is 6. The van der Waals surface area contributed by atoms with Crippen molar-refractivity contribution in [2.75, 3.05) is 7.11 Å². The number of hydrogen-bond acceptors (Lipinski definition) is 6. The van der Waals surface area contributed by atoms with Gasteiger partial charge < -0.3 is 14.2 Å². The van der Waals surface area contributed by atoms with Gasteiger partial charge in [-0.1, -0.05) is 31.9 Å². The first-order chi connectivity index (χ1) is 17.0. The van der Waals surface area contributed by atoms with Crippen molar-refractivity contribution in [1.82, 2.24) is 0 Å². The highest BCUT2D eigenvalue weighted by molar-refractivity contribution is 5.69. The molecule has 0 aliphatic heterocycles. The third-order valence-electron chi connectivity index (χ3n) is 11.6. The number of ether oxygens (including phenoxy) is 3. The van der Waals surface area contributed by atoms with Crippen molar-refractivity contribution in [2.24, 2.45) is 39.9 Å². The van der Waals surface area contributed by atoms with E-state index in [0.29, 0.717) is 30.1 Å². The van der Waals surface area contributed by atoms with Crippen LogP contribution in [0.4, 0.5) is 0 Å². The molecule has 0 aromatic rings. The van der Waals surface area contributed by atoms with Crippen molar-refractivity contribution in [3.8, 4) is 0 Å². The Bertz CT molecular complexity index is 984. The zero-order valence-corrected chi connectivity index (χ0v) is 23.0. The van der Waals surface area contributed by atoms with E-state index in [1.54, 1.807) is 18.1 Å². The van der Waals surface area contributed by atoms with Crippen molar-refractivity contribution in [1.29, 1.82) is 0 Å². The summed E-state index contributed by atoms with van der Waals surface area (Å²) in [4.78, 5) is 35.9. The van der Waals surface area contributed by atoms with Crippen molar-refractivity contribution in [3.63, 3.8) is 0 Å². The molecule has 0 unspecified atom stereocenters. The molecule has 200 valence electrons.